The third kappa shape index (κ3) is 2.52. The second kappa shape index (κ2) is 5.53. The minimum Gasteiger partial charge on any atom is -0.392 e. The first-order chi connectivity index (χ1) is 8.56. The van der Waals surface area contributed by atoms with Crippen molar-refractivity contribution in [2.45, 2.75) is 44.6 Å². The van der Waals surface area contributed by atoms with E-state index in [4.69, 9.17) is 18.0 Å². The maximum Gasteiger partial charge on any atom is 0.233 e. The molecular formula is C13H23N3OS. The van der Waals surface area contributed by atoms with Crippen molar-refractivity contribution >= 4 is 23.1 Å². The van der Waals surface area contributed by atoms with Gasteiger partial charge in [-0.25, -0.2) is 0 Å². The molecule has 18 heavy (non-hydrogen) atoms. The molecule has 1 saturated carbocycles. The Morgan fingerprint density at radius 3 is 2.67 bits per heavy atom. The third-order valence-corrected chi connectivity index (χ3v) is 4.92. The monoisotopic (exact) mass is 269 g/mol. The summed E-state index contributed by atoms with van der Waals surface area (Å²) in [6.45, 7) is 1.85. The Morgan fingerprint density at radius 1 is 1.44 bits per heavy atom. The highest BCUT2D eigenvalue weighted by atomic mass is 32.1. The highest BCUT2D eigenvalue weighted by molar-refractivity contribution is 7.80. The Labute approximate surface area is 114 Å². The first-order valence-corrected chi connectivity index (χ1v) is 7.25. The number of likely N-dealkylation sites (N-methyl/N-ethyl adjacent to an activating group) is 1. The number of rotatable bonds is 4. The van der Waals surface area contributed by atoms with Crippen LogP contribution in [0.5, 0.6) is 0 Å². The molecule has 2 rings (SSSR count). The number of piperidine rings is 1. The van der Waals surface area contributed by atoms with Crippen LogP contribution < -0.4 is 11.1 Å². The first-order valence-electron chi connectivity index (χ1n) is 6.85. The normalized spacial score (nSPS) is 27.3. The predicted octanol–water partition coefficient (Wildman–Crippen LogP) is 1.04. The van der Waals surface area contributed by atoms with E-state index in [9.17, 15) is 4.79 Å². The summed E-state index contributed by atoms with van der Waals surface area (Å²) in [5, 5.41) is 3.06. The number of amides is 1. The molecule has 2 fully saturated rings. The second-order valence-corrected chi connectivity index (χ2v) is 6.08. The van der Waals surface area contributed by atoms with E-state index in [0.29, 0.717) is 11.0 Å². The predicted molar refractivity (Wildman–Crippen MR) is 76.3 cm³/mol. The van der Waals surface area contributed by atoms with E-state index < -0.39 is 5.41 Å². The van der Waals surface area contributed by atoms with Crippen LogP contribution >= 0.6 is 12.2 Å². The van der Waals surface area contributed by atoms with Crippen molar-refractivity contribution in [3.63, 3.8) is 0 Å². The van der Waals surface area contributed by atoms with Crippen molar-refractivity contribution in [3.8, 4) is 0 Å². The van der Waals surface area contributed by atoms with Gasteiger partial charge in [0, 0.05) is 12.6 Å². The van der Waals surface area contributed by atoms with Gasteiger partial charge in [-0.2, -0.15) is 0 Å². The van der Waals surface area contributed by atoms with Gasteiger partial charge in [0.1, 0.15) is 0 Å². The highest BCUT2D eigenvalue weighted by Gasteiger charge is 2.46. The van der Waals surface area contributed by atoms with E-state index in [-0.39, 0.29) is 5.91 Å². The molecule has 3 N–H and O–H groups in total. The van der Waals surface area contributed by atoms with Gasteiger partial charge in [0.25, 0.3) is 0 Å². The van der Waals surface area contributed by atoms with Gasteiger partial charge in [-0.05, 0) is 39.3 Å². The topological polar surface area (TPSA) is 58.4 Å². The van der Waals surface area contributed by atoms with Crippen LogP contribution in [0.15, 0.2) is 0 Å². The second-order valence-electron chi connectivity index (χ2n) is 5.64. The minimum atomic E-state index is -0.539. The molecule has 0 bridgehead atoms. The largest absolute Gasteiger partial charge is 0.392 e. The molecule has 1 aliphatic heterocycles. The van der Waals surface area contributed by atoms with Crippen LogP contribution in [0.4, 0.5) is 0 Å². The van der Waals surface area contributed by atoms with Crippen molar-refractivity contribution in [2.24, 2.45) is 11.1 Å². The Bertz CT molecular complexity index is 341. The summed E-state index contributed by atoms with van der Waals surface area (Å²) in [5.74, 6) is 0.0419. The molecule has 1 saturated heterocycles. The Kier molecular flexibility index (Phi) is 4.22. The number of thiocarbonyl (C=S) groups is 1. The molecule has 0 aromatic rings. The van der Waals surface area contributed by atoms with Crippen LogP contribution in [-0.4, -0.2) is 42.0 Å². The van der Waals surface area contributed by atoms with Gasteiger partial charge in [0.15, 0.2) is 0 Å². The number of likely N-dealkylation sites (tertiary alicyclic amines) is 1. The zero-order valence-electron chi connectivity index (χ0n) is 11.1. The van der Waals surface area contributed by atoms with Crippen molar-refractivity contribution in [1.82, 2.24) is 10.2 Å². The SMILES string of the molecule is CN1CCCCC1CNC(=O)C1(C(N)=S)CCC1. The standard InChI is InChI=1S/C13H23N3OS/c1-16-8-3-2-5-10(16)9-15-12(17)13(11(14)18)6-4-7-13/h10H,2-9H2,1H3,(H2,14,18)(H,15,17). The van der Waals surface area contributed by atoms with E-state index in [0.717, 1.165) is 38.8 Å². The van der Waals surface area contributed by atoms with Crippen molar-refractivity contribution < 1.29 is 4.79 Å². The molecule has 1 heterocycles. The van der Waals surface area contributed by atoms with Crippen LogP contribution in [0.1, 0.15) is 38.5 Å². The Morgan fingerprint density at radius 2 is 2.17 bits per heavy atom. The molecule has 0 radical (unpaired) electrons. The maximum absolute atomic E-state index is 12.2. The number of nitrogens with zero attached hydrogens (tertiary/aromatic N) is 1. The maximum atomic E-state index is 12.2. The van der Waals surface area contributed by atoms with Crippen LogP contribution in [0.2, 0.25) is 0 Å². The summed E-state index contributed by atoms with van der Waals surface area (Å²) in [5.41, 5.74) is 5.19. The smallest absolute Gasteiger partial charge is 0.233 e. The minimum absolute atomic E-state index is 0.0419. The lowest BCUT2D eigenvalue weighted by Gasteiger charge is -2.40. The lowest BCUT2D eigenvalue weighted by Crippen LogP contribution is -2.55. The number of carbonyl (C=O) groups is 1. The van der Waals surface area contributed by atoms with Gasteiger partial charge in [0.05, 0.1) is 10.4 Å². The zero-order chi connectivity index (χ0) is 13.2. The lowest BCUT2D eigenvalue weighted by atomic mass is 9.68. The van der Waals surface area contributed by atoms with Crippen LogP contribution in [-0.2, 0) is 4.79 Å². The molecule has 1 amide bonds. The average Bonchev–Trinajstić information content (AvgIpc) is 2.26. The average molecular weight is 269 g/mol. The van der Waals surface area contributed by atoms with Gasteiger partial charge in [-0.1, -0.05) is 25.1 Å². The van der Waals surface area contributed by atoms with E-state index in [1.54, 1.807) is 0 Å². The van der Waals surface area contributed by atoms with E-state index in [1.165, 1.54) is 12.8 Å². The highest BCUT2D eigenvalue weighted by Crippen LogP contribution is 2.41. The quantitative estimate of drug-likeness (QED) is 0.749. The molecule has 2 aliphatic rings. The Balaban J connectivity index is 1.86. The molecule has 102 valence electrons. The van der Waals surface area contributed by atoms with Gasteiger partial charge >= 0.3 is 0 Å². The molecule has 1 atom stereocenters. The summed E-state index contributed by atoms with van der Waals surface area (Å²) in [6.07, 6.45) is 6.36. The molecule has 5 heteroatoms. The number of nitrogens with two attached hydrogens (primary N) is 1. The zero-order valence-corrected chi connectivity index (χ0v) is 11.9. The molecular weight excluding hydrogens is 246 g/mol. The van der Waals surface area contributed by atoms with Gasteiger partial charge in [-0.3, -0.25) is 4.79 Å². The fourth-order valence-corrected chi connectivity index (χ4v) is 3.19. The molecule has 1 aliphatic carbocycles. The Hall–Kier alpha value is -0.680. The molecule has 1 unspecified atom stereocenters. The summed E-state index contributed by atoms with van der Waals surface area (Å²) < 4.78 is 0. The molecule has 0 aromatic carbocycles. The lowest BCUT2D eigenvalue weighted by molar-refractivity contribution is -0.131. The van der Waals surface area contributed by atoms with Crippen molar-refractivity contribution in [2.75, 3.05) is 20.1 Å². The fourth-order valence-electron chi connectivity index (χ4n) is 2.90. The van der Waals surface area contributed by atoms with Gasteiger partial charge < -0.3 is 16.0 Å². The van der Waals surface area contributed by atoms with E-state index in [2.05, 4.69) is 17.3 Å². The number of hydrogen-bond acceptors (Lipinski definition) is 3. The van der Waals surface area contributed by atoms with Crippen molar-refractivity contribution in [1.29, 1.82) is 0 Å². The first kappa shape index (κ1) is 13.7. The van der Waals surface area contributed by atoms with Gasteiger partial charge in [0.2, 0.25) is 5.91 Å². The third-order valence-electron chi connectivity index (χ3n) is 4.53. The summed E-state index contributed by atoms with van der Waals surface area (Å²) in [7, 11) is 2.13. The fraction of sp³-hybridized carbons (Fsp3) is 0.846. The summed E-state index contributed by atoms with van der Waals surface area (Å²) >= 11 is 5.06. The number of carbonyl (C=O) groups excluding carboxylic acids is 1. The van der Waals surface area contributed by atoms with E-state index in [1.807, 2.05) is 0 Å². The number of hydrogen-bond donors (Lipinski definition) is 2. The summed E-state index contributed by atoms with van der Waals surface area (Å²) in [4.78, 5) is 14.9. The van der Waals surface area contributed by atoms with E-state index >= 15 is 0 Å². The van der Waals surface area contributed by atoms with Crippen LogP contribution in [0.25, 0.3) is 0 Å². The molecule has 0 spiro atoms. The number of nitrogens with one attached hydrogen (secondary N) is 1. The van der Waals surface area contributed by atoms with Crippen molar-refractivity contribution in [3.05, 3.63) is 0 Å². The van der Waals surface area contributed by atoms with Gasteiger partial charge in [-0.15, -0.1) is 0 Å². The van der Waals surface area contributed by atoms with Crippen LogP contribution in [0, 0.1) is 5.41 Å². The molecule has 4 nitrogen and oxygen atoms in total. The molecule has 0 aromatic heterocycles. The summed E-state index contributed by atoms with van der Waals surface area (Å²) in [6, 6.07) is 0.464. The van der Waals surface area contributed by atoms with Crippen LogP contribution in [0.3, 0.4) is 0 Å².